The Labute approximate surface area is 248 Å². The lowest BCUT2D eigenvalue weighted by Gasteiger charge is -2.17. The van der Waals surface area contributed by atoms with Crippen molar-refractivity contribution in [2.45, 2.75) is 155 Å². The second kappa shape index (κ2) is 24.1. The van der Waals surface area contributed by atoms with Gasteiger partial charge in [-0.15, -0.1) is 0 Å². The Hall–Kier alpha value is -1.57. The van der Waals surface area contributed by atoms with Crippen molar-refractivity contribution in [3.63, 3.8) is 0 Å². The van der Waals surface area contributed by atoms with E-state index in [0.29, 0.717) is 0 Å². The van der Waals surface area contributed by atoms with E-state index in [1.54, 1.807) is 0 Å². The van der Waals surface area contributed by atoms with Gasteiger partial charge in [0.25, 0.3) is 0 Å². The minimum Gasteiger partial charge on any atom is -0.418 e. The summed E-state index contributed by atoms with van der Waals surface area (Å²) in [6, 6.07) is 16.2. The molecule has 2 aromatic carbocycles. The lowest BCUT2D eigenvalue weighted by molar-refractivity contribution is 0.377. The summed E-state index contributed by atoms with van der Waals surface area (Å²) in [7, 11) is -2.03. The number of hydrogen-bond acceptors (Lipinski definition) is 3. The van der Waals surface area contributed by atoms with Gasteiger partial charge in [0, 0.05) is 0 Å². The lowest BCUT2D eigenvalue weighted by Crippen LogP contribution is -2.00. The van der Waals surface area contributed by atoms with Gasteiger partial charge in [-0.05, 0) is 48.9 Å². The fourth-order valence-corrected chi connectivity index (χ4v) is 6.12. The van der Waals surface area contributed by atoms with E-state index in [9.17, 15) is 4.89 Å². The van der Waals surface area contributed by atoms with Crippen molar-refractivity contribution in [1.82, 2.24) is 0 Å². The molecule has 0 bridgehead atoms. The predicted molar refractivity (Wildman–Crippen MR) is 174 cm³/mol. The molecule has 0 atom stereocenters. The fraction of sp³-hybridized carbons (Fsp3) is 0.667. The molecule has 0 unspecified atom stereocenters. The van der Waals surface area contributed by atoms with E-state index in [-0.39, 0.29) is 0 Å². The topological polar surface area (TPSA) is 38.7 Å². The molecule has 4 heteroatoms. The van der Waals surface area contributed by atoms with Gasteiger partial charge in [-0.25, -0.2) is 0 Å². The third-order valence-electron chi connectivity index (χ3n) is 7.90. The Morgan fingerprint density at radius 2 is 0.750 bits per heavy atom. The normalized spacial score (nSPS) is 11.3. The molecular weight excluding hydrogens is 511 g/mol. The summed E-state index contributed by atoms with van der Waals surface area (Å²) in [6.07, 6.45) is 28.6. The van der Waals surface area contributed by atoms with Crippen molar-refractivity contribution in [3.05, 3.63) is 59.7 Å². The van der Waals surface area contributed by atoms with Gasteiger partial charge < -0.3 is 13.9 Å². The van der Waals surface area contributed by atoms with Gasteiger partial charge in [0.05, 0.1) is 0 Å². The lowest BCUT2D eigenvalue weighted by atomic mass is 10.0. The van der Waals surface area contributed by atoms with Crippen LogP contribution < -0.4 is 9.05 Å². The van der Waals surface area contributed by atoms with Crippen molar-refractivity contribution in [3.8, 4) is 11.5 Å². The number of unbranched alkanes of at least 4 members (excludes halogenated alkanes) is 18. The van der Waals surface area contributed by atoms with Crippen molar-refractivity contribution >= 4 is 8.60 Å². The van der Waals surface area contributed by atoms with Crippen LogP contribution in [0, 0.1) is 0 Å². The van der Waals surface area contributed by atoms with Crippen LogP contribution in [0.25, 0.3) is 0 Å². The van der Waals surface area contributed by atoms with Crippen molar-refractivity contribution in [2.75, 3.05) is 0 Å². The zero-order valence-corrected chi connectivity index (χ0v) is 26.8. The zero-order valence-electron chi connectivity index (χ0n) is 25.9. The highest BCUT2D eigenvalue weighted by atomic mass is 31.2. The standard InChI is InChI=1S/C36H59O3P/c1-3-5-7-9-11-13-15-17-19-21-27-33-29-23-25-31-35(33)38-40(37)39-36-32-26-24-30-34(36)28-22-20-18-16-14-12-10-8-6-4-2/h23-26,29-32,37H,3-22,27-28H2,1-2H3. The van der Waals surface area contributed by atoms with Gasteiger partial charge in [-0.2, -0.15) is 0 Å². The molecule has 226 valence electrons. The van der Waals surface area contributed by atoms with E-state index in [0.717, 1.165) is 48.3 Å². The quantitative estimate of drug-likeness (QED) is 0.0903. The molecule has 0 spiro atoms. The molecule has 0 amide bonds. The Balaban J connectivity index is 1.67. The molecule has 3 nitrogen and oxygen atoms in total. The summed E-state index contributed by atoms with van der Waals surface area (Å²) in [4.78, 5) is 10.7. The maximum Gasteiger partial charge on any atom is 0.460 e. The molecule has 0 heterocycles. The molecule has 0 fully saturated rings. The smallest absolute Gasteiger partial charge is 0.418 e. The minimum absolute atomic E-state index is 0.749. The summed E-state index contributed by atoms with van der Waals surface area (Å²) in [5.74, 6) is 1.50. The zero-order chi connectivity index (χ0) is 28.5. The maximum absolute atomic E-state index is 10.7. The molecule has 0 aromatic heterocycles. The maximum atomic E-state index is 10.7. The summed E-state index contributed by atoms with van der Waals surface area (Å²) in [5, 5.41) is 0. The van der Waals surface area contributed by atoms with Gasteiger partial charge in [-0.3, -0.25) is 0 Å². The van der Waals surface area contributed by atoms with Crippen LogP contribution in [0.3, 0.4) is 0 Å². The summed E-state index contributed by atoms with van der Waals surface area (Å²) in [5.41, 5.74) is 2.32. The van der Waals surface area contributed by atoms with Crippen LogP contribution in [0.15, 0.2) is 48.5 Å². The number of benzene rings is 2. The average Bonchev–Trinajstić information content (AvgIpc) is 2.96. The van der Waals surface area contributed by atoms with Crippen LogP contribution in [0.2, 0.25) is 0 Å². The first kappa shape index (κ1) is 34.6. The predicted octanol–water partition coefficient (Wildman–Crippen LogP) is 12.3. The van der Waals surface area contributed by atoms with E-state index in [2.05, 4.69) is 38.1 Å². The first-order chi connectivity index (χ1) is 19.7. The number of aryl methyl sites for hydroxylation is 2. The first-order valence-electron chi connectivity index (χ1n) is 16.7. The van der Waals surface area contributed by atoms with Crippen molar-refractivity contribution in [2.24, 2.45) is 0 Å². The van der Waals surface area contributed by atoms with Gasteiger partial charge >= 0.3 is 8.60 Å². The average molecular weight is 571 g/mol. The molecule has 0 saturated carbocycles. The summed E-state index contributed by atoms with van der Waals surface area (Å²) < 4.78 is 11.9. The van der Waals surface area contributed by atoms with E-state index < -0.39 is 8.60 Å². The van der Waals surface area contributed by atoms with Crippen LogP contribution in [0.5, 0.6) is 11.5 Å². The highest BCUT2D eigenvalue weighted by Gasteiger charge is 2.16. The van der Waals surface area contributed by atoms with Gasteiger partial charge in [0.2, 0.25) is 0 Å². The molecule has 40 heavy (non-hydrogen) atoms. The van der Waals surface area contributed by atoms with Gasteiger partial charge in [0.15, 0.2) is 0 Å². The molecule has 0 aliphatic carbocycles. The third kappa shape index (κ3) is 16.6. The van der Waals surface area contributed by atoms with Gasteiger partial charge in [-0.1, -0.05) is 166 Å². The Morgan fingerprint density at radius 1 is 0.450 bits per heavy atom. The van der Waals surface area contributed by atoms with E-state index in [4.69, 9.17) is 9.05 Å². The molecule has 0 aliphatic heterocycles. The Bertz CT molecular complexity index is 786. The van der Waals surface area contributed by atoms with E-state index in [1.165, 1.54) is 116 Å². The van der Waals surface area contributed by atoms with Gasteiger partial charge in [0.1, 0.15) is 11.5 Å². The molecule has 1 N–H and O–H groups in total. The molecule has 0 radical (unpaired) electrons. The highest BCUT2D eigenvalue weighted by molar-refractivity contribution is 7.41. The van der Waals surface area contributed by atoms with E-state index in [1.807, 2.05) is 24.3 Å². The Morgan fingerprint density at radius 3 is 1.10 bits per heavy atom. The van der Waals surface area contributed by atoms with Crippen molar-refractivity contribution < 1.29 is 13.9 Å². The number of rotatable bonds is 26. The van der Waals surface area contributed by atoms with Crippen molar-refractivity contribution in [1.29, 1.82) is 0 Å². The second-order valence-corrected chi connectivity index (χ2v) is 12.3. The SMILES string of the molecule is CCCCCCCCCCCCc1ccccc1OP(O)Oc1ccccc1CCCCCCCCCCCC. The first-order valence-corrected chi connectivity index (χ1v) is 17.9. The molecule has 2 aromatic rings. The Kier molecular flexibility index (Phi) is 20.8. The third-order valence-corrected chi connectivity index (χ3v) is 8.60. The van der Waals surface area contributed by atoms with Crippen LogP contribution in [0.4, 0.5) is 0 Å². The molecular formula is C36H59O3P. The van der Waals surface area contributed by atoms with Crippen LogP contribution >= 0.6 is 8.60 Å². The molecule has 0 aliphatic rings. The molecule has 2 rings (SSSR count). The number of hydrogen-bond donors (Lipinski definition) is 1. The summed E-state index contributed by atoms with van der Waals surface area (Å²) in [6.45, 7) is 4.55. The fourth-order valence-electron chi connectivity index (χ4n) is 5.39. The highest BCUT2D eigenvalue weighted by Crippen LogP contribution is 2.39. The number of para-hydroxylation sites is 2. The summed E-state index contributed by atoms with van der Waals surface area (Å²) >= 11 is 0. The minimum atomic E-state index is -2.03. The monoisotopic (exact) mass is 570 g/mol. The van der Waals surface area contributed by atoms with Crippen LogP contribution in [-0.4, -0.2) is 4.89 Å². The van der Waals surface area contributed by atoms with E-state index >= 15 is 0 Å². The molecule has 0 saturated heterocycles. The van der Waals surface area contributed by atoms with Crippen LogP contribution in [0.1, 0.15) is 153 Å². The largest absolute Gasteiger partial charge is 0.460 e. The second-order valence-electron chi connectivity index (χ2n) is 11.5. The van der Waals surface area contributed by atoms with Crippen LogP contribution in [-0.2, 0) is 12.8 Å².